The fourth-order valence-corrected chi connectivity index (χ4v) is 2.90. The van der Waals surface area contributed by atoms with Crippen LogP contribution in [0.2, 0.25) is 0 Å². The Labute approximate surface area is 103 Å². The van der Waals surface area contributed by atoms with E-state index in [1.807, 2.05) is 0 Å². The molecule has 17 heavy (non-hydrogen) atoms. The molecule has 0 aromatic heterocycles. The number of allylic oxidation sites excluding steroid dienone is 1. The van der Waals surface area contributed by atoms with Crippen LogP contribution in [0.3, 0.4) is 0 Å². The zero-order valence-electron chi connectivity index (χ0n) is 10.5. The van der Waals surface area contributed by atoms with Crippen LogP contribution in [0.15, 0.2) is 16.8 Å². The molecule has 1 unspecified atom stereocenters. The van der Waals surface area contributed by atoms with Crippen molar-refractivity contribution in [3.8, 4) is 0 Å². The SMILES string of the molecule is CN1CCC(C2=NOC3NCCCC=C23)CC1. The minimum atomic E-state index is 0.0344. The van der Waals surface area contributed by atoms with E-state index in [-0.39, 0.29) is 6.23 Å². The van der Waals surface area contributed by atoms with Gasteiger partial charge in [0.2, 0.25) is 6.23 Å². The van der Waals surface area contributed by atoms with E-state index in [0.717, 1.165) is 13.0 Å². The summed E-state index contributed by atoms with van der Waals surface area (Å²) in [6.45, 7) is 3.38. The second-order valence-electron chi connectivity index (χ2n) is 5.30. The smallest absolute Gasteiger partial charge is 0.206 e. The molecule has 1 fully saturated rings. The molecule has 0 aliphatic carbocycles. The summed E-state index contributed by atoms with van der Waals surface area (Å²) in [5.74, 6) is 0.599. The van der Waals surface area contributed by atoms with E-state index < -0.39 is 0 Å². The van der Waals surface area contributed by atoms with Crippen LogP contribution in [0.25, 0.3) is 0 Å². The van der Waals surface area contributed by atoms with Crippen LogP contribution in [-0.2, 0) is 4.84 Å². The normalized spacial score (nSPS) is 31.2. The van der Waals surface area contributed by atoms with Gasteiger partial charge in [0.25, 0.3) is 0 Å². The van der Waals surface area contributed by atoms with E-state index in [9.17, 15) is 0 Å². The van der Waals surface area contributed by atoms with Gasteiger partial charge < -0.3 is 9.74 Å². The maximum absolute atomic E-state index is 5.52. The van der Waals surface area contributed by atoms with Crippen molar-refractivity contribution in [1.82, 2.24) is 10.2 Å². The Hall–Kier alpha value is -0.870. The molecule has 0 aromatic rings. The van der Waals surface area contributed by atoms with Crippen LogP contribution >= 0.6 is 0 Å². The first-order chi connectivity index (χ1) is 8.34. The van der Waals surface area contributed by atoms with Crippen LogP contribution < -0.4 is 5.32 Å². The predicted molar refractivity (Wildman–Crippen MR) is 67.8 cm³/mol. The van der Waals surface area contributed by atoms with Crippen LogP contribution in [-0.4, -0.2) is 43.5 Å². The van der Waals surface area contributed by atoms with Gasteiger partial charge in [0, 0.05) is 11.5 Å². The summed E-state index contributed by atoms with van der Waals surface area (Å²) in [4.78, 5) is 7.92. The zero-order chi connectivity index (χ0) is 11.7. The number of nitrogens with zero attached hydrogens (tertiary/aromatic N) is 2. The molecule has 4 nitrogen and oxygen atoms in total. The molecule has 3 heterocycles. The number of piperidine rings is 1. The van der Waals surface area contributed by atoms with Gasteiger partial charge in [-0.2, -0.15) is 0 Å². The Morgan fingerprint density at radius 1 is 1.41 bits per heavy atom. The van der Waals surface area contributed by atoms with Crippen molar-refractivity contribution in [2.24, 2.45) is 11.1 Å². The molecular weight excluding hydrogens is 214 g/mol. The number of nitrogens with one attached hydrogen (secondary N) is 1. The van der Waals surface area contributed by atoms with Gasteiger partial charge in [-0.1, -0.05) is 11.2 Å². The molecule has 0 spiro atoms. The highest BCUT2D eigenvalue weighted by Crippen LogP contribution is 2.29. The Balaban J connectivity index is 1.73. The number of hydrogen-bond acceptors (Lipinski definition) is 4. The summed E-state index contributed by atoms with van der Waals surface area (Å²) in [6, 6.07) is 0. The summed E-state index contributed by atoms with van der Waals surface area (Å²) in [5.41, 5.74) is 2.54. The Bertz CT molecular complexity index is 343. The first-order valence-electron chi connectivity index (χ1n) is 6.70. The molecule has 0 bridgehead atoms. The van der Waals surface area contributed by atoms with Gasteiger partial charge in [0.15, 0.2) is 0 Å². The van der Waals surface area contributed by atoms with Gasteiger partial charge in [0.05, 0.1) is 5.71 Å². The molecule has 0 aromatic carbocycles. The maximum atomic E-state index is 5.52. The molecule has 1 atom stereocenters. The summed E-state index contributed by atoms with van der Waals surface area (Å²) >= 11 is 0. The van der Waals surface area contributed by atoms with E-state index in [1.165, 1.54) is 43.6 Å². The van der Waals surface area contributed by atoms with Crippen molar-refractivity contribution in [2.45, 2.75) is 31.9 Å². The molecular formula is C13H21N3O. The quantitative estimate of drug-likeness (QED) is 0.745. The summed E-state index contributed by atoms with van der Waals surface area (Å²) in [5, 5.41) is 7.74. The van der Waals surface area contributed by atoms with Crippen molar-refractivity contribution in [3.63, 3.8) is 0 Å². The minimum Gasteiger partial charge on any atom is -0.371 e. The average molecular weight is 235 g/mol. The first kappa shape index (κ1) is 11.2. The van der Waals surface area contributed by atoms with Gasteiger partial charge >= 0.3 is 0 Å². The third-order valence-electron chi connectivity index (χ3n) is 4.01. The van der Waals surface area contributed by atoms with Gasteiger partial charge in [0.1, 0.15) is 0 Å². The zero-order valence-corrected chi connectivity index (χ0v) is 10.5. The first-order valence-corrected chi connectivity index (χ1v) is 6.70. The highest BCUT2D eigenvalue weighted by Gasteiger charge is 2.34. The third kappa shape index (κ3) is 2.24. The molecule has 3 aliphatic rings. The Kier molecular flexibility index (Phi) is 3.16. The molecule has 0 saturated carbocycles. The predicted octanol–water partition coefficient (Wildman–Crippen LogP) is 1.35. The second-order valence-corrected chi connectivity index (χ2v) is 5.30. The molecule has 1 saturated heterocycles. The maximum Gasteiger partial charge on any atom is 0.206 e. The third-order valence-corrected chi connectivity index (χ3v) is 4.01. The molecule has 3 rings (SSSR count). The van der Waals surface area contributed by atoms with Crippen molar-refractivity contribution < 1.29 is 4.84 Å². The lowest BCUT2D eigenvalue weighted by Crippen LogP contribution is -2.36. The van der Waals surface area contributed by atoms with Crippen LogP contribution in [0.5, 0.6) is 0 Å². The van der Waals surface area contributed by atoms with Gasteiger partial charge in [-0.05, 0) is 52.4 Å². The minimum absolute atomic E-state index is 0.0344. The number of rotatable bonds is 1. The lowest BCUT2D eigenvalue weighted by Gasteiger charge is -2.28. The molecule has 4 heteroatoms. The number of fused-ring (bicyclic) bond motifs is 1. The van der Waals surface area contributed by atoms with E-state index in [0.29, 0.717) is 5.92 Å². The second kappa shape index (κ2) is 4.78. The van der Waals surface area contributed by atoms with Crippen molar-refractivity contribution in [2.75, 3.05) is 26.7 Å². The molecule has 0 amide bonds. The lowest BCUT2D eigenvalue weighted by molar-refractivity contribution is 0.0804. The van der Waals surface area contributed by atoms with Crippen LogP contribution in [0, 0.1) is 5.92 Å². The van der Waals surface area contributed by atoms with Crippen LogP contribution in [0.1, 0.15) is 25.7 Å². The van der Waals surface area contributed by atoms with Crippen molar-refractivity contribution >= 4 is 5.71 Å². The van der Waals surface area contributed by atoms with Gasteiger partial charge in [-0.3, -0.25) is 5.32 Å². The summed E-state index contributed by atoms with van der Waals surface area (Å²) in [6.07, 6.45) is 7.13. The van der Waals surface area contributed by atoms with Crippen molar-refractivity contribution in [3.05, 3.63) is 11.6 Å². The molecule has 1 N–H and O–H groups in total. The number of likely N-dealkylation sites (tertiary alicyclic amines) is 1. The Morgan fingerprint density at radius 2 is 2.24 bits per heavy atom. The van der Waals surface area contributed by atoms with E-state index in [4.69, 9.17) is 4.84 Å². The highest BCUT2D eigenvalue weighted by molar-refractivity contribution is 6.03. The molecule has 94 valence electrons. The number of hydrogen-bond donors (Lipinski definition) is 1. The fraction of sp³-hybridized carbons (Fsp3) is 0.769. The Morgan fingerprint density at radius 3 is 3.06 bits per heavy atom. The van der Waals surface area contributed by atoms with E-state index in [1.54, 1.807) is 0 Å². The van der Waals surface area contributed by atoms with E-state index >= 15 is 0 Å². The van der Waals surface area contributed by atoms with Gasteiger partial charge in [-0.15, -0.1) is 0 Å². The van der Waals surface area contributed by atoms with Crippen LogP contribution in [0.4, 0.5) is 0 Å². The largest absolute Gasteiger partial charge is 0.371 e. The highest BCUT2D eigenvalue weighted by atomic mass is 16.7. The van der Waals surface area contributed by atoms with E-state index in [2.05, 4.69) is 28.5 Å². The fourth-order valence-electron chi connectivity index (χ4n) is 2.90. The van der Waals surface area contributed by atoms with Crippen molar-refractivity contribution in [1.29, 1.82) is 0 Å². The average Bonchev–Trinajstić information content (AvgIpc) is 2.60. The summed E-state index contributed by atoms with van der Waals surface area (Å²) in [7, 11) is 2.19. The standard InChI is InChI=1S/C13H21N3O/c1-16-8-5-10(6-9-16)12-11-4-2-3-7-14-13(11)17-15-12/h4,10,13-14H,2-3,5-9H2,1H3. The lowest BCUT2D eigenvalue weighted by atomic mass is 9.87. The summed E-state index contributed by atoms with van der Waals surface area (Å²) < 4.78 is 0. The monoisotopic (exact) mass is 235 g/mol. The topological polar surface area (TPSA) is 36.9 Å². The molecule has 3 aliphatic heterocycles. The molecule has 0 radical (unpaired) electrons. The number of oxime groups is 1. The van der Waals surface area contributed by atoms with Gasteiger partial charge in [-0.25, -0.2) is 0 Å².